The average Bonchev–Trinajstić information content (AvgIpc) is 2.50. The fraction of sp³-hybridized carbons (Fsp3) is 0.562. The van der Waals surface area contributed by atoms with Gasteiger partial charge in [0.25, 0.3) is 0 Å². The number of piperidine rings is 1. The molecule has 20 heavy (non-hydrogen) atoms. The minimum Gasteiger partial charge on any atom is -0.492 e. The third-order valence-corrected chi connectivity index (χ3v) is 3.85. The molecule has 4 heteroatoms. The lowest BCUT2D eigenvalue weighted by Gasteiger charge is -2.30. The van der Waals surface area contributed by atoms with E-state index in [-0.39, 0.29) is 0 Å². The van der Waals surface area contributed by atoms with E-state index >= 15 is 0 Å². The van der Waals surface area contributed by atoms with Crippen LogP contribution in [-0.4, -0.2) is 42.9 Å². The lowest BCUT2D eigenvalue weighted by atomic mass is 9.98. The van der Waals surface area contributed by atoms with Gasteiger partial charge in [-0.25, -0.2) is 0 Å². The molecule has 0 aromatic heterocycles. The Morgan fingerprint density at radius 3 is 2.55 bits per heavy atom. The van der Waals surface area contributed by atoms with Crippen molar-refractivity contribution >= 4 is 0 Å². The maximum atomic E-state index is 9.10. The van der Waals surface area contributed by atoms with Gasteiger partial charge in [-0.1, -0.05) is 12.1 Å². The van der Waals surface area contributed by atoms with Gasteiger partial charge in [0.1, 0.15) is 12.4 Å². The van der Waals surface area contributed by atoms with Crippen LogP contribution in [0, 0.1) is 17.2 Å². The van der Waals surface area contributed by atoms with Gasteiger partial charge >= 0.3 is 0 Å². The van der Waals surface area contributed by atoms with Gasteiger partial charge in [0.2, 0.25) is 0 Å². The van der Waals surface area contributed by atoms with Crippen molar-refractivity contribution in [2.24, 2.45) is 5.92 Å². The van der Waals surface area contributed by atoms with Crippen LogP contribution in [0.1, 0.15) is 18.4 Å². The first-order valence-electron chi connectivity index (χ1n) is 7.23. The van der Waals surface area contributed by atoms with E-state index in [1.807, 2.05) is 24.3 Å². The molecule has 1 aliphatic rings. The van der Waals surface area contributed by atoms with Crippen LogP contribution in [0.5, 0.6) is 5.75 Å². The first-order chi connectivity index (χ1) is 9.81. The second-order valence-electron chi connectivity index (χ2n) is 5.29. The average molecular weight is 274 g/mol. The van der Waals surface area contributed by atoms with Gasteiger partial charge in [-0.2, -0.15) is 5.26 Å². The van der Waals surface area contributed by atoms with Gasteiger partial charge in [0.05, 0.1) is 12.5 Å². The molecule has 0 bridgehead atoms. The Labute approximate surface area is 120 Å². The van der Waals surface area contributed by atoms with Crippen LogP contribution < -0.4 is 4.74 Å². The first kappa shape index (κ1) is 14.8. The molecule has 0 aliphatic carbocycles. The smallest absolute Gasteiger partial charge is 0.119 e. The normalized spacial score (nSPS) is 16.8. The summed E-state index contributed by atoms with van der Waals surface area (Å²) in [6.45, 7) is 4.03. The highest BCUT2D eigenvalue weighted by atomic mass is 16.5. The number of nitrogens with zero attached hydrogens (tertiary/aromatic N) is 2. The summed E-state index contributed by atoms with van der Waals surface area (Å²) in [5.41, 5.74) is 1.02. The van der Waals surface area contributed by atoms with Gasteiger partial charge in [0, 0.05) is 13.2 Å². The van der Waals surface area contributed by atoms with E-state index in [4.69, 9.17) is 15.1 Å². The first-order valence-corrected chi connectivity index (χ1v) is 7.23. The van der Waals surface area contributed by atoms with E-state index in [0.29, 0.717) is 25.6 Å². The van der Waals surface area contributed by atoms with Crippen LogP contribution in [0.3, 0.4) is 0 Å². The molecule has 0 radical (unpaired) electrons. The number of hydrogen-bond donors (Lipinski definition) is 1. The molecule has 0 saturated carbocycles. The molecule has 108 valence electrons. The zero-order valence-electron chi connectivity index (χ0n) is 11.8. The van der Waals surface area contributed by atoms with Gasteiger partial charge in [-0.3, -0.25) is 4.90 Å². The fourth-order valence-corrected chi connectivity index (χ4v) is 2.48. The molecule has 4 nitrogen and oxygen atoms in total. The Kier molecular flexibility index (Phi) is 5.85. The number of ether oxygens (including phenoxy) is 1. The molecule has 1 heterocycles. The molecule has 0 unspecified atom stereocenters. The second-order valence-corrected chi connectivity index (χ2v) is 5.29. The van der Waals surface area contributed by atoms with Crippen molar-refractivity contribution in [1.82, 2.24) is 4.90 Å². The molecule has 2 rings (SSSR count). The standard InChI is InChI=1S/C16H22N2O2/c17-8-5-14-1-3-16(4-2-14)20-12-11-18-9-6-15(13-19)7-10-18/h1-4,15,19H,5-7,9-13H2. The second kappa shape index (κ2) is 7.88. The molecular weight excluding hydrogens is 252 g/mol. The number of rotatable bonds is 6. The SMILES string of the molecule is N#CCc1ccc(OCCN2CCC(CO)CC2)cc1. The molecule has 0 spiro atoms. The van der Waals surface area contributed by atoms with Crippen LogP contribution in [0.15, 0.2) is 24.3 Å². The Hall–Kier alpha value is -1.57. The van der Waals surface area contributed by atoms with Crippen LogP contribution in [-0.2, 0) is 6.42 Å². The highest BCUT2D eigenvalue weighted by molar-refractivity contribution is 5.28. The van der Waals surface area contributed by atoms with E-state index < -0.39 is 0 Å². The fourth-order valence-electron chi connectivity index (χ4n) is 2.48. The van der Waals surface area contributed by atoms with Gasteiger partial charge in [-0.15, -0.1) is 0 Å². The van der Waals surface area contributed by atoms with Crippen molar-refractivity contribution < 1.29 is 9.84 Å². The summed E-state index contributed by atoms with van der Waals surface area (Å²) in [4.78, 5) is 2.39. The monoisotopic (exact) mass is 274 g/mol. The molecule has 1 fully saturated rings. The Bertz CT molecular complexity index is 431. The van der Waals surface area contributed by atoms with Crippen molar-refractivity contribution in [1.29, 1.82) is 5.26 Å². The third-order valence-electron chi connectivity index (χ3n) is 3.85. The van der Waals surface area contributed by atoms with Gasteiger partial charge in [-0.05, 0) is 49.5 Å². The van der Waals surface area contributed by atoms with Crippen LogP contribution in [0.2, 0.25) is 0 Å². The number of benzene rings is 1. The summed E-state index contributed by atoms with van der Waals surface area (Å²) >= 11 is 0. The quantitative estimate of drug-likeness (QED) is 0.860. The van der Waals surface area contributed by atoms with Crippen LogP contribution in [0.25, 0.3) is 0 Å². The van der Waals surface area contributed by atoms with E-state index in [1.54, 1.807) is 0 Å². The van der Waals surface area contributed by atoms with Gasteiger partial charge in [0.15, 0.2) is 0 Å². The molecular formula is C16H22N2O2. The van der Waals surface area contributed by atoms with Crippen LogP contribution >= 0.6 is 0 Å². The summed E-state index contributed by atoms with van der Waals surface area (Å²) < 4.78 is 5.72. The summed E-state index contributed by atoms with van der Waals surface area (Å²) in [7, 11) is 0. The van der Waals surface area contributed by atoms with Crippen molar-refractivity contribution in [2.45, 2.75) is 19.3 Å². The number of hydrogen-bond acceptors (Lipinski definition) is 4. The van der Waals surface area contributed by atoms with E-state index in [1.165, 1.54) is 0 Å². The van der Waals surface area contributed by atoms with E-state index in [2.05, 4.69) is 11.0 Å². The zero-order chi connectivity index (χ0) is 14.2. The van der Waals surface area contributed by atoms with Crippen molar-refractivity contribution in [3.63, 3.8) is 0 Å². The Balaban J connectivity index is 1.67. The summed E-state index contributed by atoms with van der Waals surface area (Å²) in [6.07, 6.45) is 2.61. The predicted octanol–water partition coefficient (Wildman–Crippen LogP) is 1.84. The maximum Gasteiger partial charge on any atom is 0.119 e. The lowest BCUT2D eigenvalue weighted by molar-refractivity contribution is 0.119. The maximum absolute atomic E-state index is 9.10. The van der Waals surface area contributed by atoms with Gasteiger partial charge < -0.3 is 9.84 Å². The number of nitriles is 1. The Morgan fingerprint density at radius 1 is 1.25 bits per heavy atom. The summed E-state index contributed by atoms with van der Waals surface area (Å²) in [5.74, 6) is 1.34. The molecule has 0 amide bonds. The van der Waals surface area contributed by atoms with E-state index in [9.17, 15) is 0 Å². The molecule has 1 aromatic carbocycles. The number of aliphatic hydroxyl groups is 1. The largest absolute Gasteiger partial charge is 0.492 e. The molecule has 1 saturated heterocycles. The predicted molar refractivity (Wildman–Crippen MR) is 77.5 cm³/mol. The minimum atomic E-state index is 0.319. The highest BCUT2D eigenvalue weighted by Crippen LogP contribution is 2.16. The summed E-state index contributed by atoms with van der Waals surface area (Å²) in [6, 6.07) is 9.85. The Morgan fingerprint density at radius 2 is 1.95 bits per heavy atom. The van der Waals surface area contributed by atoms with E-state index in [0.717, 1.165) is 43.8 Å². The zero-order valence-corrected chi connectivity index (χ0v) is 11.8. The topological polar surface area (TPSA) is 56.5 Å². The molecule has 1 N–H and O–H groups in total. The number of aliphatic hydroxyl groups excluding tert-OH is 1. The van der Waals surface area contributed by atoms with Crippen molar-refractivity contribution in [3.8, 4) is 11.8 Å². The number of likely N-dealkylation sites (tertiary alicyclic amines) is 1. The lowest BCUT2D eigenvalue weighted by Crippen LogP contribution is -2.37. The minimum absolute atomic E-state index is 0.319. The summed E-state index contributed by atoms with van der Waals surface area (Å²) in [5, 5.41) is 17.7. The molecule has 1 aliphatic heterocycles. The molecule has 1 aromatic rings. The van der Waals surface area contributed by atoms with Crippen molar-refractivity contribution in [3.05, 3.63) is 29.8 Å². The van der Waals surface area contributed by atoms with Crippen molar-refractivity contribution in [2.75, 3.05) is 32.8 Å². The highest BCUT2D eigenvalue weighted by Gasteiger charge is 2.17. The van der Waals surface area contributed by atoms with Crippen LogP contribution in [0.4, 0.5) is 0 Å². The molecule has 0 atom stereocenters. The third kappa shape index (κ3) is 4.52.